The van der Waals surface area contributed by atoms with Crippen molar-refractivity contribution in [1.29, 1.82) is 0 Å². The van der Waals surface area contributed by atoms with Crippen LogP contribution in [0.15, 0.2) is 55.6 Å². The van der Waals surface area contributed by atoms with E-state index < -0.39 is 57.8 Å². The summed E-state index contributed by atoms with van der Waals surface area (Å²) in [4.78, 5) is 22.8. The summed E-state index contributed by atoms with van der Waals surface area (Å²) in [6, 6.07) is 2.41. The first kappa shape index (κ1) is 60.1. The maximum atomic E-state index is 13.0. The van der Waals surface area contributed by atoms with E-state index in [1.807, 2.05) is 34.7 Å². The van der Waals surface area contributed by atoms with E-state index in [-0.39, 0.29) is 58.7 Å². The van der Waals surface area contributed by atoms with Gasteiger partial charge >= 0.3 is 25.1 Å². The quantitative estimate of drug-likeness (QED) is 0.0492. The molecule has 82 heavy (non-hydrogen) atoms. The molecule has 3 aliphatic carbocycles. The fourth-order valence-electron chi connectivity index (χ4n) is 8.86. The lowest BCUT2D eigenvalue weighted by Crippen LogP contribution is -2.37. The largest absolute Gasteiger partial charge is 0.421 e. The van der Waals surface area contributed by atoms with E-state index in [1.54, 1.807) is 41.8 Å². The second-order valence-corrected chi connectivity index (χ2v) is 21.6. The average Bonchev–Trinajstić information content (AvgIpc) is 4.36. The van der Waals surface area contributed by atoms with Gasteiger partial charge in [0.2, 0.25) is 17.8 Å². The predicted molar refractivity (Wildman–Crippen MR) is 276 cm³/mol. The molecular formula is C47H55F11N20O3S. The highest BCUT2D eigenvalue weighted by Crippen LogP contribution is 2.43. The lowest BCUT2D eigenvalue weighted by Gasteiger charge is -2.35. The van der Waals surface area contributed by atoms with E-state index in [9.17, 15) is 56.7 Å². The highest BCUT2D eigenvalue weighted by Gasteiger charge is 2.40. The van der Waals surface area contributed by atoms with E-state index in [0.717, 1.165) is 24.7 Å². The van der Waals surface area contributed by atoms with E-state index >= 15 is 0 Å². The fourth-order valence-corrected chi connectivity index (χ4v) is 10.0. The Morgan fingerprint density at radius 2 is 0.890 bits per heavy atom. The van der Waals surface area contributed by atoms with E-state index in [2.05, 4.69) is 86.9 Å². The highest BCUT2D eigenvalue weighted by molar-refractivity contribution is 7.91. The van der Waals surface area contributed by atoms with E-state index in [4.69, 9.17) is 0 Å². The van der Waals surface area contributed by atoms with Crippen LogP contribution in [0, 0.1) is 20.8 Å². The maximum absolute atomic E-state index is 13.0. The van der Waals surface area contributed by atoms with Gasteiger partial charge in [-0.25, -0.2) is 23.4 Å². The molecule has 0 bridgehead atoms. The van der Waals surface area contributed by atoms with Crippen LogP contribution in [0.5, 0.6) is 0 Å². The number of hydrogen-bond acceptors (Lipinski definition) is 19. The summed E-state index contributed by atoms with van der Waals surface area (Å²) < 4.78 is 175. The zero-order chi connectivity index (χ0) is 59.6. The SMILES string of the molecule is CNc1nc(Nc2cn(C3CC(OC(F)F)C3)nc2C)ncc1C(F)(F)F.CNc1nc(Nc2cn(C3CC(S(C)(=O)=O)C3)nc2C)ncc1C(F)(F)F.CNc1nc(Nc2cn(C3CC(n4cccn4)C3)nc2C)ncc1C(F)(F)F. The Bertz CT molecular complexity index is 3420. The van der Waals surface area contributed by atoms with Crippen LogP contribution in [0.4, 0.5) is 101 Å². The molecule has 3 saturated carbocycles. The Hall–Kier alpha value is -7.98. The summed E-state index contributed by atoms with van der Waals surface area (Å²) in [6.07, 6.45) is 1.72. The monoisotopic (exact) mass is 1190 g/mol. The highest BCUT2D eigenvalue weighted by atomic mass is 32.2. The molecule has 444 valence electrons. The van der Waals surface area contributed by atoms with Crippen LogP contribution in [0.1, 0.15) is 96.5 Å². The van der Waals surface area contributed by atoms with Gasteiger partial charge in [0, 0.05) is 77.0 Å². The van der Waals surface area contributed by atoms with Crippen molar-refractivity contribution in [1.82, 2.24) is 69.0 Å². The summed E-state index contributed by atoms with van der Waals surface area (Å²) in [5.41, 5.74) is 0.768. The van der Waals surface area contributed by atoms with Crippen LogP contribution < -0.4 is 31.9 Å². The minimum atomic E-state index is -4.57. The average molecular weight is 1190 g/mol. The topological polar surface area (TPSA) is 264 Å². The van der Waals surface area contributed by atoms with Gasteiger partial charge in [0.25, 0.3) is 0 Å². The molecule has 6 N–H and O–H groups in total. The molecular weight excluding hydrogens is 1130 g/mol. The van der Waals surface area contributed by atoms with Crippen LogP contribution in [-0.4, -0.2) is 123 Å². The number of nitrogens with one attached hydrogen (secondary N) is 6. The number of aryl methyl sites for hydroxylation is 3. The molecule has 7 aromatic heterocycles. The summed E-state index contributed by atoms with van der Waals surface area (Å²) in [5.74, 6) is -0.921. The van der Waals surface area contributed by atoms with Gasteiger partial charge in [0.05, 0.1) is 69.7 Å². The molecule has 3 fully saturated rings. The Morgan fingerprint density at radius 3 is 1.20 bits per heavy atom. The second-order valence-electron chi connectivity index (χ2n) is 19.3. The van der Waals surface area contributed by atoms with Crippen molar-refractivity contribution in [3.05, 3.63) is 89.4 Å². The van der Waals surface area contributed by atoms with Gasteiger partial charge in [0.1, 0.15) is 44.0 Å². The second kappa shape index (κ2) is 23.8. The predicted octanol–water partition coefficient (Wildman–Crippen LogP) is 9.82. The normalized spacial score (nSPS) is 19.8. The van der Waals surface area contributed by atoms with Crippen molar-refractivity contribution in [3.63, 3.8) is 0 Å². The summed E-state index contributed by atoms with van der Waals surface area (Å²) in [5, 5.41) is 33.0. The van der Waals surface area contributed by atoms with Crippen molar-refractivity contribution in [2.24, 2.45) is 0 Å². The Kier molecular flexibility index (Phi) is 17.5. The first-order chi connectivity index (χ1) is 38.5. The summed E-state index contributed by atoms with van der Waals surface area (Å²) >= 11 is 0. The summed E-state index contributed by atoms with van der Waals surface area (Å²) in [7, 11) is 1.01. The number of hydrogen-bond donors (Lipinski definition) is 6. The number of nitrogens with zero attached hydrogens (tertiary/aromatic N) is 14. The van der Waals surface area contributed by atoms with Crippen molar-refractivity contribution in [2.45, 2.75) is 120 Å². The van der Waals surface area contributed by atoms with Gasteiger partial charge in [-0.05, 0) is 65.4 Å². The molecule has 0 spiro atoms. The molecule has 10 rings (SSSR count). The van der Waals surface area contributed by atoms with Crippen molar-refractivity contribution < 1.29 is 61.4 Å². The molecule has 0 unspecified atom stereocenters. The van der Waals surface area contributed by atoms with Gasteiger partial charge in [0.15, 0.2) is 0 Å². The van der Waals surface area contributed by atoms with E-state index in [0.29, 0.717) is 72.6 Å². The van der Waals surface area contributed by atoms with Crippen molar-refractivity contribution in [3.8, 4) is 0 Å². The standard InChI is InChI=1S/C17H19F3N8.C15H17F5N6O.C15H19F3N6O2S/c1-10-14(24-16-22-8-13(17(18,19)20)15(21-2)25-16)9-28(26-10)12-6-11(7-12)27-5-3-4-23-27;1-7-11(6-26(25-7)8-3-9(4-8)27-13(16)17)23-14-22-5-10(15(18,19)20)12(21-2)24-14;1-8-12(7-24(23-8)9-4-10(5-9)27(3,25)26)21-14-20-6-11(15(16,17)18)13(19-2)22-14/h3-5,8-9,11-12H,6-7H2,1-2H3,(H2,21,22,24,25);5-6,8-9,13H,3-4H2,1-2H3,(H2,21,22,23,24);6-7,9-10H,4-5H2,1-3H3,(H2,19,20,21,22). The smallest absolute Gasteiger partial charge is 0.372 e. The lowest BCUT2D eigenvalue weighted by molar-refractivity contribution is -0.189. The number of aromatic nitrogens is 14. The van der Waals surface area contributed by atoms with Gasteiger partial charge in [-0.2, -0.15) is 83.6 Å². The molecule has 0 radical (unpaired) electrons. The third-order valence-corrected chi connectivity index (χ3v) is 15.2. The third kappa shape index (κ3) is 14.2. The summed E-state index contributed by atoms with van der Waals surface area (Å²) in [6.45, 7) is 2.46. The molecule has 35 heteroatoms. The van der Waals surface area contributed by atoms with Gasteiger partial charge in [-0.1, -0.05) is 0 Å². The number of alkyl halides is 11. The molecule has 7 aromatic rings. The lowest BCUT2D eigenvalue weighted by atomic mass is 9.87. The van der Waals surface area contributed by atoms with Gasteiger partial charge in [-0.3, -0.25) is 18.7 Å². The van der Waals surface area contributed by atoms with Crippen molar-refractivity contribution >= 4 is 62.2 Å². The number of rotatable bonds is 16. The minimum Gasteiger partial charge on any atom is -0.372 e. The molecule has 3 aliphatic rings. The number of halogens is 11. The molecule has 0 saturated heterocycles. The molecule has 23 nitrogen and oxygen atoms in total. The fraction of sp³-hybridized carbons (Fsp3) is 0.489. The van der Waals surface area contributed by atoms with E-state index in [1.165, 1.54) is 27.4 Å². The van der Waals surface area contributed by atoms with Crippen LogP contribution in [-0.2, 0) is 33.1 Å². The Morgan fingerprint density at radius 1 is 0.549 bits per heavy atom. The van der Waals surface area contributed by atoms with Crippen LogP contribution in [0.3, 0.4) is 0 Å². The zero-order valence-corrected chi connectivity index (χ0v) is 45.3. The first-order valence-corrected chi connectivity index (χ1v) is 26.9. The molecule has 0 aromatic carbocycles. The first-order valence-electron chi connectivity index (χ1n) is 25.0. The molecule has 0 aliphatic heterocycles. The Labute approximate surface area is 460 Å². The number of sulfone groups is 1. The molecule has 0 atom stereocenters. The molecule has 0 amide bonds. The maximum Gasteiger partial charge on any atom is 0.421 e. The number of ether oxygens (including phenoxy) is 1. The van der Waals surface area contributed by atoms with Crippen LogP contribution >= 0.6 is 0 Å². The van der Waals surface area contributed by atoms with Gasteiger partial charge < -0.3 is 36.6 Å². The third-order valence-electron chi connectivity index (χ3n) is 13.6. The van der Waals surface area contributed by atoms with Crippen LogP contribution in [0.2, 0.25) is 0 Å². The number of anilines is 9. The van der Waals surface area contributed by atoms with Gasteiger partial charge in [-0.15, -0.1) is 0 Å². The van der Waals surface area contributed by atoms with Crippen LogP contribution in [0.25, 0.3) is 0 Å². The zero-order valence-electron chi connectivity index (χ0n) is 44.5. The molecule has 7 heterocycles. The van der Waals surface area contributed by atoms with Crippen molar-refractivity contribution in [2.75, 3.05) is 59.3 Å². The Balaban J connectivity index is 0.000000161. The minimum absolute atomic E-state index is 0.00220.